The van der Waals surface area contributed by atoms with Crippen molar-refractivity contribution in [2.45, 2.75) is 24.8 Å². The van der Waals surface area contributed by atoms with E-state index in [0.717, 1.165) is 20.4 Å². The molecule has 2 aromatic rings. The molecule has 3 N–H and O–H groups in total. The van der Waals surface area contributed by atoms with Crippen molar-refractivity contribution >= 4 is 43.2 Å². The monoisotopic (exact) mass is 400 g/mol. The van der Waals surface area contributed by atoms with Gasteiger partial charge in [-0.3, -0.25) is 11.3 Å². The van der Waals surface area contributed by atoms with Crippen molar-refractivity contribution < 1.29 is 0 Å². The second-order valence-electron chi connectivity index (χ2n) is 4.83. The first-order valence-corrected chi connectivity index (χ1v) is 8.58. The van der Waals surface area contributed by atoms with Gasteiger partial charge in [0.1, 0.15) is 0 Å². The Balaban J connectivity index is 1.77. The lowest BCUT2D eigenvalue weighted by Crippen LogP contribution is -2.31. The number of thiophene rings is 1. The van der Waals surface area contributed by atoms with Gasteiger partial charge in [0, 0.05) is 6.04 Å². The second-order valence-corrected chi connectivity index (χ2v) is 8.58. The van der Waals surface area contributed by atoms with Gasteiger partial charge in [-0.15, -0.1) is 11.3 Å². The molecule has 100 valence electrons. The summed E-state index contributed by atoms with van der Waals surface area (Å²) in [7, 11) is 0. The Hall–Kier alpha value is -0.200. The molecule has 2 atom stereocenters. The fourth-order valence-electron chi connectivity index (χ4n) is 2.73. The number of fused-ring (bicyclic) bond motifs is 1. The zero-order valence-corrected chi connectivity index (χ0v) is 14.2. The zero-order chi connectivity index (χ0) is 13.4. The summed E-state index contributed by atoms with van der Waals surface area (Å²) >= 11 is 8.83. The molecule has 5 heteroatoms. The summed E-state index contributed by atoms with van der Waals surface area (Å²) in [5.74, 6) is 6.36. The van der Waals surface area contributed by atoms with Gasteiger partial charge in [-0.2, -0.15) is 0 Å². The summed E-state index contributed by atoms with van der Waals surface area (Å²) in [6.07, 6.45) is 2.20. The quantitative estimate of drug-likeness (QED) is 0.584. The number of nitrogens with two attached hydrogens (primary N) is 1. The third-order valence-corrected chi connectivity index (χ3v) is 6.13. The van der Waals surface area contributed by atoms with Gasteiger partial charge in [0.05, 0.1) is 7.57 Å². The van der Waals surface area contributed by atoms with E-state index in [0.29, 0.717) is 5.92 Å². The highest BCUT2D eigenvalue weighted by Crippen LogP contribution is 2.43. The van der Waals surface area contributed by atoms with Crippen molar-refractivity contribution in [3.63, 3.8) is 0 Å². The number of hydrogen-bond donors (Lipinski definition) is 2. The highest BCUT2D eigenvalue weighted by molar-refractivity contribution is 9.12. The average Bonchev–Trinajstić information content (AvgIpc) is 2.70. The smallest absolute Gasteiger partial charge is 0.0758 e. The van der Waals surface area contributed by atoms with Crippen LogP contribution in [-0.2, 0) is 6.42 Å². The molecule has 0 spiro atoms. The molecule has 0 saturated carbocycles. The third-order valence-electron chi connectivity index (χ3n) is 3.74. The first-order valence-electron chi connectivity index (χ1n) is 6.17. The molecule has 0 fully saturated rings. The van der Waals surface area contributed by atoms with Gasteiger partial charge in [-0.05, 0) is 73.4 Å². The van der Waals surface area contributed by atoms with Gasteiger partial charge in [-0.1, -0.05) is 24.3 Å². The van der Waals surface area contributed by atoms with Crippen molar-refractivity contribution in [3.8, 4) is 0 Å². The van der Waals surface area contributed by atoms with E-state index in [1.54, 1.807) is 11.3 Å². The Morgan fingerprint density at radius 3 is 2.79 bits per heavy atom. The minimum absolute atomic E-state index is 0.190. The van der Waals surface area contributed by atoms with E-state index in [2.05, 4.69) is 67.6 Å². The Bertz CT molecular complexity index is 597. The Labute approximate surface area is 133 Å². The predicted molar refractivity (Wildman–Crippen MR) is 87.3 cm³/mol. The van der Waals surface area contributed by atoms with Crippen molar-refractivity contribution in [2.24, 2.45) is 5.84 Å². The Morgan fingerprint density at radius 2 is 2.16 bits per heavy atom. The summed E-state index contributed by atoms with van der Waals surface area (Å²) < 4.78 is 2.28. The van der Waals surface area contributed by atoms with Gasteiger partial charge < -0.3 is 0 Å². The number of benzene rings is 1. The highest BCUT2D eigenvalue weighted by Gasteiger charge is 2.29. The van der Waals surface area contributed by atoms with Crippen LogP contribution in [0, 0.1) is 0 Å². The first kappa shape index (κ1) is 13.8. The highest BCUT2D eigenvalue weighted by atomic mass is 79.9. The summed E-state index contributed by atoms with van der Waals surface area (Å²) in [6.45, 7) is 0. The van der Waals surface area contributed by atoms with Crippen LogP contribution in [0.1, 0.15) is 35.1 Å². The standard InChI is InChI=1S/C14H14Br2N2S/c15-13-7-11(14(16)19-13)12(18-17)6-9-5-8-3-1-2-4-10(8)9/h1-4,7,9,12,18H,5-6,17H2. The van der Waals surface area contributed by atoms with E-state index in [1.807, 2.05) is 0 Å². The maximum atomic E-state index is 5.75. The maximum absolute atomic E-state index is 5.75. The number of rotatable bonds is 4. The van der Waals surface area contributed by atoms with Crippen molar-refractivity contribution in [2.75, 3.05) is 0 Å². The van der Waals surface area contributed by atoms with Gasteiger partial charge in [0.25, 0.3) is 0 Å². The molecular formula is C14H14Br2N2S. The van der Waals surface area contributed by atoms with Crippen LogP contribution < -0.4 is 11.3 Å². The summed E-state index contributed by atoms with van der Waals surface area (Å²) in [5.41, 5.74) is 7.16. The van der Waals surface area contributed by atoms with Gasteiger partial charge in [0.2, 0.25) is 0 Å². The molecule has 0 bridgehead atoms. The summed E-state index contributed by atoms with van der Waals surface area (Å²) in [5, 5.41) is 0. The molecule has 1 aromatic carbocycles. The van der Waals surface area contributed by atoms with Crippen LogP contribution in [0.3, 0.4) is 0 Å². The lowest BCUT2D eigenvalue weighted by atomic mass is 9.74. The molecule has 0 aliphatic heterocycles. The second kappa shape index (κ2) is 5.66. The van der Waals surface area contributed by atoms with E-state index in [9.17, 15) is 0 Å². The number of halogens is 2. The zero-order valence-electron chi connectivity index (χ0n) is 10.2. The Kier molecular flexibility index (Phi) is 4.10. The molecule has 1 aliphatic carbocycles. The number of hydrazine groups is 1. The molecule has 0 saturated heterocycles. The fourth-order valence-corrected chi connectivity index (χ4v) is 5.71. The largest absolute Gasteiger partial charge is 0.271 e. The Morgan fingerprint density at radius 1 is 1.37 bits per heavy atom. The minimum Gasteiger partial charge on any atom is -0.271 e. The average molecular weight is 402 g/mol. The normalized spacial score (nSPS) is 18.8. The van der Waals surface area contributed by atoms with Crippen molar-refractivity contribution in [1.29, 1.82) is 0 Å². The van der Waals surface area contributed by atoms with E-state index in [1.165, 1.54) is 16.7 Å². The van der Waals surface area contributed by atoms with Crippen LogP contribution >= 0.6 is 43.2 Å². The molecule has 0 amide bonds. The maximum Gasteiger partial charge on any atom is 0.0758 e. The first-order chi connectivity index (χ1) is 9.19. The molecule has 1 aromatic heterocycles. The number of hydrogen-bond acceptors (Lipinski definition) is 3. The van der Waals surface area contributed by atoms with Crippen LogP contribution in [0.25, 0.3) is 0 Å². The molecule has 19 heavy (non-hydrogen) atoms. The lowest BCUT2D eigenvalue weighted by molar-refractivity contribution is 0.435. The third kappa shape index (κ3) is 2.67. The molecular weight excluding hydrogens is 388 g/mol. The molecule has 3 rings (SSSR count). The number of nitrogens with one attached hydrogen (secondary N) is 1. The fraction of sp³-hybridized carbons (Fsp3) is 0.286. The predicted octanol–water partition coefficient (Wildman–Crippen LogP) is 4.51. The van der Waals surface area contributed by atoms with Crippen LogP contribution in [0.5, 0.6) is 0 Å². The molecule has 1 heterocycles. The summed E-state index contributed by atoms with van der Waals surface area (Å²) in [6, 6.07) is 11.0. The molecule has 2 unspecified atom stereocenters. The SMILES string of the molecule is NNC(CC1Cc2ccccc21)c1cc(Br)sc1Br. The molecule has 1 aliphatic rings. The van der Waals surface area contributed by atoms with Crippen LogP contribution in [0.15, 0.2) is 37.9 Å². The molecule has 0 radical (unpaired) electrons. The van der Waals surface area contributed by atoms with Gasteiger partial charge >= 0.3 is 0 Å². The van der Waals surface area contributed by atoms with Crippen LogP contribution in [0.4, 0.5) is 0 Å². The van der Waals surface area contributed by atoms with E-state index in [4.69, 9.17) is 5.84 Å². The minimum atomic E-state index is 0.190. The van der Waals surface area contributed by atoms with Gasteiger partial charge in [-0.25, -0.2) is 0 Å². The summed E-state index contributed by atoms with van der Waals surface area (Å²) in [4.78, 5) is 0. The topological polar surface area (TPSA) is 38.0 Å². The van der Waals surface area contributed by atoms with E-state index in [-0.39, 0.29) is 6.04 Å². The van der Waals surface area contributed by atoms with E-state index < -0.39 is 0 Å². The van der Waals surface area contributed by atoms with Crippen LogP contribution in [0.2, 0.25) is 0 Å². The van der Waals surface area contributed by atoms with Crippen LogP contribution in [-0.4, -0.2) is 0 Å². The van der Waals surface area contributed by atoms with E-state index >= 15 is 0 Å². The van der Waals surface area contributed by atoms with Gasteiger partial charge in [0.15, 0.2) is 0 Å². The van der Waals surface area contributed by atoms with Crippen molar-refractivity contribution in [1.82, 2.24) is 5.43 Å². The molecule has 2 nitrogen and oxygen atoms in total. The lowest BCUT2D eigenvalue weighted by Gasteiger charge is -2.32. The van der Waals surface area contributed by atoms with Crippen molar-refractivity contribution in [3.05, 3.63) is 54.6 Å².